The van der Waals surface area contributed by atoms with E-state index in [0.29, 0.717) is 17.4 Å². The van der Waals surface area contributed by atoms with Crippen molar-refractivity contribution >= 4 is 11.5 Å². The van der Waals surface area contributed by atoms with Gasteiger partial charge in [0.25, 0.3) is 5.78 Å². The first-order chi connectivity index (χ1) is 8.38. The summed E-state index contributed by atoms with van der Waals surface area (Å²) >= 11 is 0. The van der Waals surface area contributed by atoms with Crippen LogP contribution in [-0.4, -0.2) is 26.2 Å². The van der Waals surface area contributed by atoms with E-state index >= 15 is 0 Å². The smallest absolute Gasteiger partial charge is 0.454 e. The molecule has 0 unspecified atom stereocenters. The topological polar surface area (TPSA) is 35.5 Å². The lowest BCUT2D eigenvalue weighted by Gasteiger charge is -2.08. The maximum absolute atomic E-state index is 12.1. The summed E-state index contributed by atoms with van der Waals surface area (Å²) in [5, 5.41) is 0. The molecule has 0 saturated carbocycles. The van der Waals surface area contributed by atoms with Gasteiger partial charge in [0.1, 0.15) is 11.5 Å². The number of alkyl halides is 3. The molecule has 1 aromatic carbocycles. The fourth-order valence-corrected chi connectivity index (χ4v) is 1.22. The lowest BCUT2D eigenvalue weighted by molar-refractivity contribution is -0.165. The quantitative estimate of drug-likeness (QED) is 0.617. The van der Waals surface area contributed by atoms with Gasteiger partial charge < -0.3 is 9.47 Å². The molecule has 0 aliphatic rings. The first kappa shape index (κ1) is 14.1. The molecule has 1 rings (SSSR count). The first-order valence-electron chi connectivity index (χ1n) is 4.89. The zero-order valence-corrected chi connectivity index (χ0v) is 9.75. The molecule has 0 atom stereocenters. The summed E-state index contributed by atoms with van der Waals surface area (Å²) in [4.78, 5) is 10.8. The van der Waals surface area contributed by atoms with Crippen LogP contribution in [0.2, 0.25) is 0 Å². The van der Waals surface area contributed by atoms with Gasteiger partial charge in [-0.2, -0.15) is 13.2 Å². The molecule has 0 aliphatic heterocycles. The van der Waals surface area contributed by atoms with E-state index in [2.05, 4.69) is 0 Å². The first-order valence-corrected chi connectivity index (χ1v) is 4.89. The summed E-state index contributed by atoms with van der Waals surface area (Å²) < 4.78 is 46.0. The Kier molecular flexibility index (Phi) is 4.36. The summed E-state index contributed by atoms with van der Waals surface area (Å²) in [6, 6.07) is 6.11. The molecule has 18 heavy (non-hydrogen) atoms. The van der Waals surface area contributed by atoms with Crippen LogP contribution in [-0.2, 0) is 9.53 Å². The summed E-state index contributed by atoms with van der Waals surface area (Å²) in [6.45, 7) is 0. The number of halogens is 3. The Morgan fingerprint density at radius 3 is 2.11 bits per heavy atom. The van der Waals surface area contributed by atoms with Gasteiger partial charge in [-0.05, 0) is 24.3 Å². The molecule has 0 fully saturated rings. The van der Waals surface area contributed by atoms with Gasteiger partial charge in [0.2, 0.25) is 0 Å². The van der Waals surface area contributed by atoms with Crippen LogP contribution in [0.1, 0.15) is 5.56 Å². The minimum atomic E-state index is -4.91. The van der Waals surface area contributed by atoms with Crippen LogP contribution in [0.4, 0.5) is 13.2 Å². The molecule has 0 aromatic heterocycles. The Bertz CT molecular complexity index is 447. The summed E-state index contributed by atoms with van der Waals surface area (Å²) in [5.41, 5.74) is 0.357. The highest BCUT2D eigenvalue weighted by molar-refractivity contribution is 5.99. The van der Waals surface area contributed by atoms with Crippen molar-refractivity contribution in [2.75, 3.05) is 14.2 Å². The second-order valence-electron chi connectivity index (χ2n) is 3.30. The van der Waals surface area contributed by atoms with Crippen molar-refractivity contribution in [2.24, 2.45) is 0 Å². The van der Waals surface area contributed by atoms with E-state index in [1.165, 1.54) is 26.4 Å². The number of hydrogen-bond acceptors (Lipinski definition) is 3. The molecule has 0 spiro atoms. The Morgan fingerprint density at radius 1 is 1.17 bits per heavy atom. The van der Waals surface area contributed by atoms with Crippen molar-refractivity contribution in [1.29, 1.82) is 0 Å². The number of benzene rings is 1. The van der Waals surface area contributed by atoms with E-state index in [1.54, 1.807) is 12.1 Å². The molecule has 0 radical (unpaired) electrons. The summed E-state index contributed by atoms with van der Waals surface area (Å²) in [6.07, 6.45) is -4.49. The predicted molar refractivity (Wildman–Crippen MR) is 59.0 cm³/mol. The maximum Gasteiger partial charge on any atom is 0.454 e. The van der Waals surface area contributed by atoms with Crippen LogP contribution >= 0.6 is 0 Å². The molecule has 3 nitrogen and oxygen atoms in total. The molecule has 0 amide bonds. The molecule has 0 N–H and O–H groups in total. The van der Waals surface area contributed by atoms with Crippen LogP contribution in [0.5, 0.6) is 5.75 Å². The highest BCUT2D eigenvalue weighted by atomic mass is 19.4. The van der Waals surface area contributed by atoms with Crippen LogP contribution in [0.25, 0.3) is 5.76 Å². The van der Waals surface area contributed by atoms with E-state index in [0.717, 1.165) is 0 Å². The minimum Gasteiger partial charge on any atom is -0.497 e. The van der Waals surface area contributed by atoms with Crippen molar-refractivity contribution in [1.82, 2.24) is 0 Å². The number of ketones is 1. The van der Waals surface area contributed by atoms with E-state index in [4.69, 9.17) is 9.47 Å². The second kappa shape index (κ2) is 5.57. The predicted octanol–water partition coefficient (Wildman–Crippen LogP) is 2.81. The molecule has 1 aromatic rings. The summed E-state index contributed by atoms with van der Waals surface area (Å²) in [7, 11) is 2.66. The summed E-state index contributed by atoms with van der Waals surface area (Å²) in [5.74, 6) is -1.56. The third-order valence-electron chi connectivity index (χ3n) is 2.14. The normalized spacial score (nSPS) is 12.2. The largest absolute Gasteiger partial charge is 0.497 e. The van der Waals surface area contributed by atoms with E-state index in [-0.39, 0.29) is 5.76 Å². The van der Waals surface area contributed by atoms with E-state index in [9.17, 15) is 18.0 Å². The van der Waals surface area contributed by atoms with Gasteiger partial charge in [0.15, 0.2) is 0 Å². The van der Waals surface area contributed by atoms with Crippen molar-refractivity contribution in [3.63, 3.8) is 0 Å². The molecule has 0 bridgehead atoms. The lowest BCUT2D eigenvalue weighted by Crippen LogP contribution is -2.20. The van der Waals surface area contributed by atoms with Crippen LogP contribution < -0.4 is 4.74 Å². The monoisotopic (exact) mass is 260 g/mol. The van der Waals surface area contributed by atoms with Gasteiger partial charge in [-0.3, -0.25) is 4.79 Å². The number of hydrogen-bond donors (Lipinski definition) is 0. The molecular weight excluding hydrogens is 249 g/mol. The molecule has 0 aliphatic carbocycles. The third-order valence-corrected chi connectivity index (χ3v) is 2.14. The molecule has 6 heteroatoms. The molecule has 0 heterocycles. The Hall–Kier alpha value is -1.98. The van der Waals surface area contributed by atoms with E-state index in [1.807, 2.05) is 0 Å². The number of carbonyl (C=O) groups excluding carboxylic acids is 1. The van der Waals surface area contributed by atoms with Crippen LogP contribution in [0, 0.1) is 0 Å². The molecule has 0 saturated heterocycles. The van der Waals surface area contributed by atoms with Gasteiger partial charge >= 0.3 is 6.18 Å². The van der Waals surface area contributed by atoms with Gasteiger partial charge in [-0.15, -0.1) is 0 Å². The average Bonchev–Trinajstić information content (AvgIpc) is 2.34. The standard InChI is InChI=1S/C12H11F3O3/c1-17-9-5-3-8(4-6-9)10(18-2)7-11(16)12(13,14)15/h3-7H,1-2H3/b10-7+. The van der Waals surface area contributed by atoms with E-state index < -0.39 is 12.0 Å². The molecule has 98 valence electrons. The Balaban J connectivity index is 3.02. The SMILES string of the molecule is CO/C(=C/C(=O)C(F)(F)F)c1ccc(OC)cc1. The zero-order chi connectivity index (χ0) is 13.8. The highest BCUT2D eigenvalue weighted by Crippen LogP contribution is 2.23. The average molecular weight is 260 g/mol. The van der Waals surface area contributed by atoms with Gasteiger partial charge in [-0.25, -0.2) is 0 Å². The number of ether oxygens (including phenoxy) is 2. The molecular formula is C12H11F3O3. The fraction of sp³-hybridized carbons (Fsp3) is 0.250. The third kappa shape index (κ3) is 3.51. The van der Waals surface area contributed by atoms with Gasteiger partial charge in [0, 0.05) is 11.6 Å². The van der Waals surface area contributed by atoms with Crippen molar-refractivity contribution in [2.45, 2.75) is 6.18 Å². The highest BCUT2D eigenvalue weighted by Gasteiger charge is 2.37. The van der Waals surface area contributed by atoms with Crippen molar-refractivity contribution in [3.05, 3.63) is 35.9 Å². The number of rotatable bonds is 4. The number of allylic oxidation sites excluding steroid dienone is 1. The van der Waals surface area contributed by atoms with Crippen LogP contribution in [0.3, 0.4) is 0 Å². The zero-order valence-electron chi connectivity index (χ0n) is 9.75. The van der Waals surface area contributed by atoms with Gasteiger partial charge in [0.05, 0.1) is 14.2 Å². The van der Waals surface area contributed by atoms with Crippen molar-refractivity contribution < 1.29 is 27.4 Å². The lowest BCUT2D eigenvalue weighted by atomic mass is 10.1. The maximum atomic E-state index is 12.1. The fourth-order valence-electron chi connectivity index (χ4n) is 1.22. The van der Waals surface area contributed by atoms with Crippen molar-refractivity contribution in [3.8, 4) is 5.75 Å². The number of methoxy groups -OCH3 is 2. The Labute approximate surface area is 102 Å². The van der Waals surface area contributed by atoms with Gasteiger partial charge in [-0.1, -0.05) is 0 Å². The second-order valence-corrected chi connectivity index (χ2v) is 3.30. The number of carbonyl (C=O) groups is 1. The Morgan fingerprint density at radius 2 is 1.72 bits per heavy atom. The van der Waals surface area contributed by atoms with Crippen LogP contribution in [0.15, 0.2) is 30.3 Å². The minimum absolute atomic E-state index is 0.153.